The predicted octanol–water partition coefficient (Wildman–Crippen LogP) is 5.91. The summed E-state index contributed by atoms with van der Waals surface area (Å²) in [6.45, 7) is 5.96. The lowest BCUT2D eigenvalue weighted by atomic mass is 10.1. The van der Waals surface area contributed by atoms with Gasteiger partial charge in [-0.15, -0.1) is 0 Å². The van der Waals surface area contributed by atoms with E-state index < -0.39 is 6.04 Å². The van der Waals surface area contributed by atoms with Crippen LogP contribution >= 0.6 is 34.8 Å². The fraction of sp³-hybridized carbons (Fsp3) is 0.391. The first-order valence-corrected chi connectivity index (χ1v) is 11.2. The molecule has 162 valence electrons. The average molecular weight is 470 g/mol. The largest absolute Gasteiger partial charge is 0.352 e. The normalized spacial score (nSPS) is 12.9. The van der Waals surface area contributed by atoms with E-state index in [0.717, 1.165) is 12.0 Å². The van der Waals surface area contributed by atoms with Crippen molar-refractivity contribution in [2.24, 2.45) is 0 Å². The number of amides is 2. The molecule has 4 nitrogen and oxygen atoms in total. The van der Waals surface area contributed by atoms with Crippen molar-refractivity contribution in [1.29, 1.82) is 0 Å². The van der Waals surface area contributed by atoms with Crippen molar-refractivity contribution in [3.8, 4) is 0 Å². The van der Waals surface area contributed by atoms with Gasteiger partial charge in [-0.1, -0.05) is 66.8 Å². The molecule has 0 aliphatic heterocycles. The predicted molar refractivity (Wildman–Crippen MR) is 124 cm³/mol. The topological polar surface area (TPSA) is 49.4 Å². The monoisotopic (exact) mass is 468 g/mol. The number of carbonyl (C=O) groups is 2. The SMILES string of the molecule is CC[C@@H](C)NC(=O)[C@H](CC)N(Cc1c(Cl)cccc1Cl)C(=O)Cc1cccc(Cl)c1. The third kappa shape index (κ3) is 6.63. The summed E-state index contributed by atoms with van der Waals surface area (Å²) in [5.41, 5.74) is 1.40. The molecule has 2 aromatic rings. The van der Waals surface area contributed by atoms with Gasteiger partial charge in [0.2, 0.25) is 11.8 Å². The van der Waals surface area contributed by atoms with Gasteiger partial charge < -0.3 is 10.2 Å². The molecule has 0 bridgehead atoms. The first kappa shape index (κ1) is 24.5. The van der Waals surface area contributed by atoms with Gasteiger partial charge in [0.25, 0.3) is 0 Å². The lowest BCUT2D eigenvalue weighted by Crippen LogP contribution is -2.51. The van der Waals surface area contributed by atoms with E-state index in [2.05, 4.69) is 5.32 Å². The van der Waals surface area contributed by atoms with Crippen LogP contribution in [0.5, 0.6) is 0 Å². The highest BCUT2D eigenvalue weighted by Crippen LogP contribution is 2.27. The third-order valence-electron chi connectivity index (χ3n) is 5.02. The maximum absolute atomic E-state index is 13.3. The minimum Gasteiger partial charge on any atom is -0.352 e. The van der Waals surface area contributed by atoms with Crippen LogP contribution in [0.3, 0.4) is 0 Å². The fourth-order valence-corrected chi connectivity index (χ4v) is 3.87. The highest BCUT2D eigenvalue weighted by molar-refractivity contribution is 6.36. The number of rotatable bonds is 9. The van der Waals surface area contributed by atoms with Gasteiger partial charge in [0, 0.05) is 33.2 Å². The van der Waals surface area contributed by atoms with Crippen molar-refractivity contribution in [3.63, 3.8) is 0 Å². The standard InChI is InChI=1S/C23H27Cl3N2O2/c1-4-15(3)27-23(30)21(5-2)28(14-18-19(25)10-7-11-20(18)26)22(29)13-16-8-6-9-17(24)12-16/h6-12,15,21H,4-5,13-14H2,1-3H3,(H,27,30)/t15-,21+/m1/s1. The van der Waals surface area contributed by atoms with E-state index in [0.29, 0.717) is 27.1 Å². The summed E-state index contributed by atoms with van der Waals surface area (Å²) < 4.78 is 0. The number of hydrogen-bond acceptors (Lipinski definition) is 2. The second-order valence-electron chi connectivity index (χ2n) is 7.27. The Labute approximate surface area is 193 Å². The zero-order valence-corrected chi connectivity index (χ0v) is 19.7. The maximum atomic E-state index is 13.3. The summed E-state index contributed by atoms with van der Waals surface area (Å²) in [5, 5.41) is 4.46. The molecular formula is C23H27Cl3N2O2. The van der Waals surface area contributed by atoms with Gasteiger partial charge in [-0.3, -0.25) is 9.59 Å². The number of hydrogen-bond donors (Lipinski definition) is 1. The van der Waals surface area contributed by atoms with Crippen molar-refractivity contribution < 1.29 is 9.59 Å². The highest BCUT2D eigenvalue weighted by Gasteiger charge is 2.30. The highest BCUT2D eigenvalue weighted by atomic mass is 35.5. The molecule has 0 unspecified atom stereocenters. The second-order valence-corrected chi connectivity index (χ2v) is 8.52. The summed E-state index contributed by atoms with van der Waals surface area (Å²) in [5.74, 6) is -0.381. The average Bonchev–Trinajstić information content (AvgIpc) is 2.69. The summed E-state index contributed by atoms with van der Waals surface area (Å²) in [7, 11) is 0. The molecule has 0 saturated carbocycles. The van der Waals surface area contributed by atoms with E-state index in [4.69, 9.17) is 34.8 Å². The van der Waals surface area contributed by atoms with Crippen molar-refractivity contribution in [1.82, 2.24) is 10.2 Å². The Balaban J connectivity index is 2.37. The molecule has 0 saturated heterocycles. The molecule has 0 aromatic heterocycles. The molecule has 7 heteroatoms. The maximum Gasteiger partial charge on any atom is 0.243 e. The quantitative estimate of drug-likeness (QED) is 0.496. The Morgan fingerprint density at radius 1 is 1.00 bits per heavy atom. The molecule has 2 aromatic carbocycles. The number of halogens is 3. The van der Waals surface area contributed by atoms with Crippen LogP contribution in [0.15, 0.2) is 42.5 Å². The third-order valence-corrected chi connectivity index (χ3v) is 5.96. The second kappa shape index (κ2) is 11.6. The molecule has 0 heterocycles. The van der Waals surface area contributed by atoms with Crippen LogP contribution in [0, 0.1) is 0 Å². The van der Waals surface area contributed by atoms with E-state index in [-0.39, 0.29) is 30.8 Å². The van der Waals surface area contributed by atoms with Crippen LogP contribution in [0.2, 0.25) is 15.1 Å². The zero-order chi connectivity index (χ0) is 22.3. The molecule has 0 spiro atoms. The summed E-state index contributed by atoms with van der Waals surface area (Å²) in [4.78, 5) is 27.9. The molecule has 1 N–H and O–H groups in total. The van der Waals surface area contributed by atoms with Crippen LogP contribution in [0.25, 0.3) is 0 Å². The lowest BCUT2D eigenvalue weighted by molar-refractivity contribution is -0.141. The first-order chi connectivity index (χ1) is 14.3. The molecule has 0 fully saturated rings. The zero-order valence-electron chi connectivity index (χ0n) is 17.4. The number of nitrogens with one attached hydrogen (secondary N) is 1. The Kier molecular flexibility index (Phi) is 9.47. The molecule has 0 aliphatic carbocycles. The number of nitrogens with zero attached hydrogens (tertiary/aromatic N) is 1. The lowest BCUT2D eigenvalue weighted by Gasteiger charge is -2.32. The summed E-state index contributed by atoms with van der Waals surface area (Å²) >= 11 is 18.8. The van der Waals surface area contributed by atoms with E-state index in [1.165, 1.54) is 0 Å². The van der Waals surface area contributed by atoms with E-state index in [1.54, 1.807) is 41.3 Å². The molecule has 30 heavy (non-hydrogen) atoms. The molecule has 0 aliphatic rings. The molecular weight excluding hydrogens is 443 g/mol. The van der Waals surface area contributed by atoms with E-state index >= 15 is 0 Å². The molecule has 2 atom stereocenters. The van der Waals surface area contributed by atoms with Gasteiger partial charge in [-0.25, -0.2) is 0 Å². The van der Waals surface area contributed by atoms with Crippen LogP contribution in [-0.2, 0) is 22.6 Å². The first-order valence-electron chi connectivity index (χ1n) is 10.0. The van der Waals surface area contributed by atoms with Gasteiger partial charge in [-0.05, 0) is 49.6 Å². The molecule has 2 amide bonds. The Morgan fingerprint density at radius 3 is 2.20 bits per heavy atom. The smallest absolute Gasteiger partial charge is 0.243 e. The van der Waals surface area contributed by atoms with E-state index in [1.807, 2.05) is 26.8 Å². The number of carbonyl (C=O) groups excluding carboxylic acids is 2. The fourth-order valence-electron chi connectivity index (χ4n) is 3.14. The minimum atomic E-state index is -0.641. The molecule has 0 radical (unpaired) electrons. The van der Waals surface area contributed by atoms with Crippen molar-refractivity contribution in [3.05, 3.63) is 68.7 Å². The Hall–Kier alpha value is -1.75. The molecule has 2 rings (SSSR count). The van der Waals surface area contributed by atoms with Crippen LogP contribution < -0.4 is 5.32 Å². The minimum absolute atomic E-state index is 0.0142. The van der Waals surface area contributed by atoms with Gasteiger partial charge in [0.1, 0.15) is 6.04 Å². The van der Waals surface area contributed by atoms with Crippen molar-refractivity contribution in [2.75, 3.05) is 0 Å². The van der Waals surface area contributed by atoms with Crippen LogP contribution in [0.4, 0.5) is 0 Å². The van der Waals surface area contributed by atoms with Crippen LogP contribution in [-0.4, -0.2) is 28.8 Å². The van der Waals surface area contributed by atoms with Gasteiger partial charge >= 0.3 is 0 Å². The van der Waals surface area contributed by atoms with E-state index in [9.17, 15) is 9.59 Å². The summed E-state index contributed by atoms with van der Waals surface area (Å²) in [6.07, 6.45) is 1.39. The summed E-state index contributed by atoms with van der Waals surface area (Å²) in [6, 6.07) is 11.7. The van der Waals surface area contributed by atoms with Crippen molar-refractivity contribution in [2.45, 2.75) is 58.7 Å². The van der Waals surface area contributed by atoms with Gasteiger partial charge in [-0.2, -0.15) is 0 Å². The van der Waals surface area contributed by atoms with Gasteiger partial charge in [0.05, 0.1) is 6.42 Å². The Bertz CT molecular complexity index is 868. The Morgan fingerprint density at radius 2 is 1.63 bits per heavy atom. The van der Waals surface area contributed by atoms with Gasteiger partial charge in [0.15, 0.2) is 0 Å². The van der Waals surface area contributed by atoms with Crippen molar-refractivity contribution >= 4 is 46.6 Å². The van der Waals surface area contributed by atoms with Crippen LogP contribution in [0.1, 0.15) is 44.7 Å². The number of benzene rings is 2.